The highest BCUT2D eigenvalue weighted by molar-refractivity contribution is 5.77. The molecule has 0 unspecified atom stereocenters. The smallest absolute Gasteiger partial charge is 0.134 e. The normalized spacial score (nSPS) is 17.9. The number of benzene rings is 1. The van der Waals surface area contributed by atoms with Crippen molar-refractivity contribution >= 4 is 11.0 Å². The van der Waals surface area contributed by atoms with E-state index >= 15 is 0 Å². The second kappa shape index (κ2) is 6.42. The van der Waals surface area contributed by atoms with E-state index < -0.39 is 0 Å². The summed E-state index contributed by atoms with van der Waals surface area (Å²) in [4.78, 5) is 2.54. The van der Waals surface area contributed by atoms with Gasteiger partial charge >= 0.3 is 0 Å². The second-order valence-electron chi connectivity index (χ2n) is 5.76. The quantitative estimate of drug-likeness (QED) is 0.905. The Hall–Kier alpha value is -1.32. The molecule has 1 aromatic heterocycles. The van der Waals surface area contributed by atoms with E-state index in [1.165, 1.54) is 37.9 Å². The Balaban J connectivity index is 1.46. The number of hydrogen-bond acceptors (Lipinski definition) is 3. The topological polar surface area (TPSA) is 28.4 Å². The van der Waals surface area contributed by atoms with Crippen LogP contribution >= 0.6 is 0 Å². The molecule has 0 radical (unpaired) electrons. The number of hydrogen-bond donors (Lipinski definition) is 1. The number of likely N-dealkylation sites (tertiary alicyclic amines) is 1. The van der Waals surface area contributed by atoms with Gasteiger partial charge in [-0.3, -0.25) is 0 Å². The van der Waals surface area contributed by atoms with Gasteiger partial charge in [0.1, 0.15) is 11.3 Å². The molecule has 0 bridgehead atoms. The third-order valence-electron chi connectivity index (χ3n) is 4.36. The molecule has 1 saturated heterocycles. The van der Waals surface area contributed by atoms with Crippen LogP contribution in [0.4, 0.5) is 0 Å². The van der Waals surface area contributed by atoms with E-state index in [0.717, 1.165) is 30.4 Å². The molecule has 0 aliphatic carbocycles. The molecule has 0 amide bonds. The van der Waals surface area contributed by atoms with E-state index in [1.807, 2.05) is 12.1 Å². The highest BCUT2D eigenvalue weighted by Gasteiger charge is 2.17. The maximum atomic E-state index is 5.82. The van der Waals surface area contributed by atoms with Crippen molar-refractivity contribution in [2.24, 2.45) is 5.92 Å². The van der Waals surface area contributed by atoms with Crippen LogP contribution in [0.15, 0.2) is 34.7 Å². The van der Waals surface area contributed by atoms with Crippen molar-refractivity contribution in [3.8, 4) is 0 Å². The summed E-state index contributed by atoms with van der Waals surface area (Å²) in [5, 5.41) is 4.75. The molecule has 2 heterocycles. The van der Waals surface area contributed by atoms with Crippen LogP contribution in [0, 0.1) is 5.92 Å². The number of piperidine rings is 1. The zero-order valence-electron chi connectivity index (χ0n) is 12.3. The zero-order valence-corrected chi connectivity index (χ0v) is 12.3. The van der Waals surface area contributed by atoms with Crippen LogP contribution in [-0.4, -0.2) is 31.1 Å². The molecule has 0 saturated carbocycles. The molecule has 3 heteroatoms. The lowest BCUT2D eigenvalue weighted by Crippen LogP contribution is -2.36. The van der Waals surface area contributed by atoms with Gasteiger partial charge in [-0.2, -0.15) is 0 Å². The lowest BCUT2D eigenvalue weighted by Gasteiger charge is -2.31. The van der Waals surface area contributed by atoms with Gasteiger partial charge in [0.25, 0.3) is 0 Å². The van der Waals surface area contributed by atoms with Gasteiger partial charge in [0.15, 0.2) is 0 Å². The molecule has 3 nitrogen and oxygen atoms in total. The van der Waals surface area contributed by atoms with Crippen LogP contribution in [-0.2, 0) is 6.54 Å². The number of rotatable bonds is 5. The predicted molar refractivity (Wildman–Crippen MR) is 82.8 cm³/mol. The first-order valence-electron chi connectivity index (χ1n) is 7.75. The van der Waals surface area contributed by atoms with Crippen molar-refractivity contribution in [1.82, 2.24) is 10.2 Å². The van der Waals surface area contributed by atoms with Crippen molar-refractivity contribution in [2.45, 2.75) is 26.3 Å². The van der Waals surface area contributed by atoms with E-state index in [0.29, 0.717) is 0 Å². The first-order chi connectivity index (χ1) is 9.85. The number of fused-ring (bicyclic) bond motifs is 1. The number of furan rings is 1. The largest absolute Gasteiger partial charge is 0.460 e. The lowest BCUT2D eigenvalue weighted by molar-refractivity contribution is 0.189. The molecule has 0 spiro atoms. The summed E-state index contributed by atoms with van der Waals surface area (Å²) in [5.41, 5.74) is 0.987. The molecule has 1 aromatic carbocycles. The van der Waals surface area contributed by atoms with E-state index in [9.17, 15) is 0 Å². The SMILES string of the molecule is CCN1CCC(CNCc2cc3ccccc3o2)CC1. The molecule has 1 aliphatic rings. The number of nitrogens with one attached hydrogen (secondary N) is 1. The third-order valence-corrected chi connectivity index (χ3v) is 4.36. The van der Waals surface area contributed by atoms with Gasteiger partial charge in [-0.1, -0.05) is 25.1 Å². The molecule has 20 heavy (non-hydrogen) atoms. The lowest BCUT2D eigenvalue weighted by atomic mass is 9.97. The molecule has 1 aliphatic heterocycles. The van der Waals surface area contributed by atoms with Crippen LogP contribution < -0.4 is 5.32 Å². The molecular weight excluding hydrogens is 248 g/mol. The first kappa shape index (κ1) is 13.7. The average Bonchev–Trinajstić information content (AvgIpc) is 2.90. The summed E-state index contributed by atoms with van der Waals surface area (Å²) < 4.78 is 5.82. The van der Waals surface area contributed by atoms with Crippen molar-refractivity contribution in [3.05, 3.63) is 36.1 Å². The van der Waals surface area contributed by atoms with E-state index in [4.69, 9.17) is 4.42 Å². The fourth-order valence-electron chi connectivity index (χ4n) is 3.03. The number of nitrogens with zero attached hydrogens (tertiary/aromatic N) is 1. The Labute approximate surface area is 120 Å². The number of para-hydroxylation sites is 1. The van der Waals surface area contributed by atoms with Crippen molar-refractivity contribution in [3.63, 3.8) is 0 Å². The van der Waals surface area contributed by atoms with Crippen LogP contribution in [0.5, 0.6) is 0 Å². The first-order valence-corrected chi connectivity index (χ1v) is 7.75. The van der Waals surface area contributed by atoms with Crippen molar-refractivity contribution < 1.29 is 4.42 Å². The van der Waals surface area contributed by atoms with Crippen molar-refractivity contribution in [1.29, 1.82) is 0 Å². The molecule has 108 valence electrons. The molecular formula is C17H24N2O. The standard InChI is InChI=1S/C17H24N2O/c1-2-19-9-7-14(8-10-19)12-18-13-16-11-15-5-3-4-6-17(15)20-16/h3-6,11,14,18H,2,7-10,12-13H2,1H3. The minimum absolute atomic E-state index is 0.821. The van der Waals surface area contributed by atoms with Gasteiger partial charge in [-0.25, -0.2) is 0 Å². The van der Waals surface area contributed by atoms with Crippen molar-refractivity contribution in [2.75, 3.05) is 26.2 Å². The summed E-state index contributed by atoms with van der Waals surface area (Å²) in [6.45, 7) is 7.90. The summed E-state index contributed by atoms with van der Waals surface area (Å²) in [5.74, 6) is 1.86. The van der Waals surface area contributed by atoms with Crippen LogP contribution in [0.3, 0.4) is 0 Å². The molecule has 2 aromatic rings. The maximum absolute atomic E-state index is 5.82. The van der Waals surface area contributed by atoms with E-state index in [1.54, 1.807) is 0 Å². The minimum atomic E-state index is 0.821. The van der Waals surface area contributed by atoms with Gasteiger partial charge in [0, 0.05) is 5.39 Å². The van der Waals surface area contributed by atoms with E-state index in [2.05, 4.69) is 35.3 Å². The summed E-state index contributed by atoms with van der Waals surface area (Å²) >= 11 is 0. The van der Waals surface area contributed by atoms with Crippen LogP contribution in [0.2, 0.25) is 0 Å². The third kappa shape index (κ3) is 3.22. The highest BCUT2D eigenvalue weighted by Crippen LogP contribution is 2.19. The maximum Gasteiger partial charge on any atom is 0.134 e. The second-order valence-corrected chi connectivity index (χ2v) is 5.76. The Morgan fingerprint density at radius 1 is 1.25 bits per heavy atom. The van der Waals surface area contributed by atoms with Gasteiger partial charge in [0.2, 0.25) is 0 Å². The summed E-state index contributed by atoms with van der Waals surface area (Å²) in [6, 6.07) is 10.3. The van der Waals surface area contributed by atoms with Gasteiger partial charge in [-0.05, 0) is 57.1 Å². The fourth-order valence-corrected chi connectivity index (χ4v) is 3.03. The zero-order chi connectivity index (χ0) is 13.8. The molecule has 0 atom stereocenters. The van der Waals surface area contributed by atoms with Gasteiger partial charge < -0.3 is 14.6 Å². The average molecular weight is 272 g/mol. The minimum Gasteiger partial charge on any atom is -0.460 e. The van der Waals surface area contributed by atoms with Gasteiger partial charge in [0.05, 0.1) is 6.54 Å². The highest BCUT2D eigenvalue weighted by atomic mass is 16.3. The monoisotopic (exact) mass is 272 g/mol. The molecule has 3 rings (SSSR count). The fraction of sp³-hybridized carbons (Fsp3) is 0.529. The Kier molecular flexibility index (Phi) is 4.38. The Morgan fingerprint density at radius 3 is 2.80 bits per heavy atom. The Morgan fingerprint density at radius 2 is 2.05 bits per heavy atom. The van der Waals surface area contributed by atoms with Crippen LogP contribution in [0.25, 0.3) is 11.0 Å². The molecule has 1 N–H and O–H groups in total. The summed E-state index contributed by atoms with van der Waals surface area (Å²) in [7, 11) is 0. The van der Waals surface area contributed by atoms with E-state index in [-0.39, 0.29) is 0 Å². The predicted octanol–water partition coefficient (Wildman–Crippen LogP) is 3.25. The molecule has 1 fully saturated rings. The Bertz CT molecular complexity index is 508. The van der Waals surface area contributed by atoms with Gasteiger partial charge in [-0.15, -0.1) is 0 Å². The summed E-state index contributed by atoms with van der Waals surface area (Å²) in [6.07, 6.45) is 2.64. The van der Waals surface area contributed by atoms with Crippen LogP contribution in [0.1, 0.15) is 25.5 Å².